The van der Waals surface area contributed by atoms with Crippen molar-refractivity contribution in [3.05, 3.63) is 28.2 Å². The molecule has 0 aliphatic rings. The molecule has 0 radical (unpaired) electrons. The van der Waals surface area contributed by atoms with Crippen LogP contribution in [-0.4, -0.2) is 20.9 Å². The second kappa shape index (κ2) is 3.84. The number of aromatic carboxylic acids is 1. The van der Waals surface area contributed by atoms with Gasteiger partial charge < -0.3 is 5.11 Å². The summed E-state index contributed by atoms with van der Waals surface area (Å²) in [7, 11) is 0. The molecule has 1 rings (SSSR count). The fraction of sp³-hybridized carbons (Fsp3) is 0.500. The van der Waals surface area contributed by atoms with Gasteiger partial charge in [-0.1, -0.05) is 20.8 Å². The van der Waals surface area contributed by atoms with Crippen molar-refractivity contribution >= 4 is 5.97 Å². The topological polar surface area (TPSA) is 72.2 Å². The molecule has 15 heavy (non-hydrogen) atoms. The lowest BCUT2D eigenvalue weighted by molar-refractivity contribution is 0.0693. The van der Waals surface area contributed by atoms with Crippen LogP contribution >= 0.6 is 0 Å². The van der Waals surface area contributed by atoms with E-state index < -0.39 is 11.5 Å². The number of nitrogens with zero attached hydrogens (tertiary/aromatic N) is 2. The second-order valence-corrected chi connectivity index (χ2v) is 4.57. The Morgan fingerprint density at radius 3 is 2.60 bits per heavy atom. The average molecular weight is 210 g/mol. The van der Waals surface area contributed by atoms with E-state index in [1.165, 1.54) is 16.9 Å². The highest BCUT2D eigenvalue weighted by Crippen LogP contribution is 2.14. The maximum atomic E-state index is 11.6. The van der Waals surface area contributed by atoms with E-state index in [0.717, 1.165) is 0 Å². The van der Waals surface area contributed by atoms with Crippen LogP contribution in [0.1, 0.15) is 31.1 Å². The van der Waals surface area contributed by atoms with Crippen molar-refractivity contribution in [2.45, 2.75) is 27.3 Å². The van der Waals surface area contributed by atoms with E-state index in [2.05, 4.69) is 5.10 Å². The molecule has 0 spiro atoms. The maximum absolute atomic E-state index is 11.6. The van der Waals surface area contributed by atoms with Gasteiger partial charge in [0.15, 0.2) is 0 Å². The van der Waals surface area contributed by atoms with Gasteiger partial charge in [0.1, 0.15) is 5.56 Å². The van der Waals surface area contributed by atoms with E-state index in [-0.39, 0.29) is 11.0 Å². The molecular weight excluding hydrogens is 196 g/mol. The number of rotatable bonds is 2. The molecule has 1 aromatic rings. The summed E-state index contributed by atoms with van der Waals surface area (Å²) in [5.74, 6) is -1.22. The molecule has 0 fully saturated rings. The number of hydrogen-bond acceptors (Lipinski definition) is 3. The third kappa shape index (κ3) is 2.90. The van der Waals surface area contributed by atoms with Gasteiger partial charge in [0.05, 0.1) is 0 Å². The summed E-state index contributed by atoms with van der Waals surface area (Å²) in [6, 6.07) is 1.21. The lowest BCUT2D eigenvalue weighted by Crippen LogP contribution is -2.32. The molecule has 1 aromatic heterocycles. The predicted molar refractivity (Wildman–Crippen MR) is 54.9 cm³/mol. The zero-order valence-corrected chi connectivity index (χ0v) is 9.02. The van der Waals surface area contributed by atoms with E-state index in [1.807, 2.05) is 20.8 Å². The van der Waals surface area contributed by atoms with Crippen LogP contribution in [0.15, 0.2) is 17.1 Å². The van der Waals surface area contributed by atoms with E-state index in [9.17, 15) is 9.59 Å². The Morgan fingerprint density at radius 1 is 1.53 bits per heavy atom. The van der Waals surface area contributed by atoms with Crippen molar-refractivity contribution in [3.8, 4) is 0 Å². The minimum absolute atomic E-state index is 0.117. The first-order chi connectivity index (χ1) is 6.81. The van der Waals surface area contributed by atoms with Gasteiger partial charge >= 0.3 is 5.97 Å². The molecule has 0 saturated heterocycles. The number of carbonyl (C=O) groups is 1. The van der Waals surface area contributed by atoms with Gasteiger partial charge in [-0.3, -0.25) is 4.79 Å². The molecule has 0 bridgehead atoms. The fourth-order valence-electron chi connectivity index (χ4n) is 1.18. The number of aromatic nitrogens is 2. The van der Waals surface area contributed by atoms with E-state index in [0.29, 0.717) is 6.54 Å². The minimum atomic E-state index is -1.22. The highest BCUT2D eigenvalue weighted by molar-refractivity contribution is 5.86. The number of carboxylic acid groups (broad SMARTS) is 1. The van der Waals surface area contributed by atoms with Crippen LogP contribution in [0.2, 0.25) is 0 Å². The summed E-state index contributed by atoms with van der Waals surface area (Å²) in [5.41, 5.74) is -0.914. The quantitative estimate of drug-likeness (QED) is 0.790. The lowest BCUT2D eigenvalue weighted by atomic mass is 9.97. The highest BCUT2D eigenvalue weighted by Gasteiger charge is 2.16. The van der Waals surface area contributed by atoms with Crippen LogP contribution in [0.4, 0.5) is 0 Å². The molecule has 82 valence electrons. The summed E-state index contributed by atoms with van der Waals surface area (Å²) in [6.45, 7) is 6.25. The smallest absolute Gasteiger partial charge is 0.341 e. The summed E-state index contributed by atoms with van der Waals surface area (Å²) >= 11 is 0. The molecular formula is C10H14N2O3. The largest absolute Gasteiger partial charge is 0.477 e. The van der Waals surface area contributed by atoms with E-state index in [1.54, 1.807) is 0 Å². The zero-order chi connectivity index (χ0) is 11.6. The first-order valence-electron chi connectivity index (χ1n) is 4.61. The Labute approximate surface area is 87.4 Å². The van der Waals surface area contributed by atoms with Gasteiger partial charge in [-0.05, 0) is 11.5 Å². The Kier molecular flexibility index (Phi) is 2.93. The average Bonchev–Trinajstić information content (AvgIpc) is 2.05. The van der Waals surface area contributed by atoms with Crippen molar-refractivity contribution in [2.24, 2.45) is 5.41 Å². The normalized spacial score (nSPS) is 11.4. The van der Waals surface area contributed by atoms with Crippen molar-refractivity contribution < 1.29 is 9.90 Å². The summed E-state index contributed by atoms with van der Waals surface area (Å²) in [6.07, 6.45) is 1.33. The Morgan fingerprint density at radius 2 is 2.13 bits per heavy atom. The van der Waals surface area contributed by atoms with Crippen molar-refractivity contribution in [1.82, 2.24) is 9.78 Å². The highest BCUT2D eigenvalue weighted by atomic mass is 16.4. The summed E-state index contributed by atoms with van der Waals surface area (Å²) in [4.78, 5) is 22.3. The molecule has 5 heteroatoms. The van der Waals surface area contributed by atoms with Gasteiger partial charge in [-0.25, -0.2) is 9.48 Å². The Balaban J connectivity index is 3.17. The van der Waals surface area contributed by atoms with Crippen LogP contribution in [0.3, 0.4) is 0 Å². The number of hydrogen-bond donors (Lipinski definition) is 1. The monoisotopic (exact) mass is 210 g/mol. The maximum Gasteiger partial charge on any atom is 0.341 e. The number of carboxylic acids is 1. The second-order valence-electron chi connectivity index (χ2n) is 4.57. The zero-order valence-electron chi connectivity index (χ0n) is 9.02. The molecule has 5 nitrogen and oxygen atoms in total. The SMILES string of the molecule is CC(C)(C)Cn1nccc(C(=O)O)c1=O. The standard InChI is InChI=1S/C10H14N2O3/c1-10(2,3)6-12-8(13)7(9(14)15)4-5-11-12/h4-5H,6H2,1-3H3,(H,14,15). The molecule has 0 aliphatic carbocycles. The van der Waals surface area contributed by atoms with E-state index >= 15 is 0 Å². The molecule has 0 unspecified atom stereocenters. The fourth-order valence-corrected chi connectivity index (χ4v) is 1.18. The van der Waals surface area contributed by atoms with Gasteiger partial charge in [0, 0.05) is 12.7 Å². The third-order valence-electron chi connectivity index (χ3n) is 1.77. The van der Waals surface area contributed by atoms with Crippen molar-refractivity contribution in [3.63, 3.8) is 0 Å². The van der Waals surface area contributed by atoms with Gasteiger partial charge in [-0.15, -0.1) is 0 Å². The minimum Gasteiger partial charge on any atom is -0.477 e. The van der Waals surface area contributed by atoms with Gasteiger partial charge in [0.2, 0.25) is 0 Å². The third-order valence-corrected chi connectivity index (χ3v) is 1.77. The van der Waals surface area contributed by atoms with Crippen LogP contribution in [-0.2, 0) is 6.54 Å². The summed E-state index contributed by atoms with van der Waals surface area (Å²) < 4.78 is 1.18. The predicted octanol–water partition coefficient (Wildman–Crippen LogP) is 0.988. The molecule has 0 aromatic carbocycles. The van der Waals surface area contributed by atoms with Crippen LogP contribution in [0, 0.1) is 5.41 Å². The van der Waals surface area contributed by atoms with Crippen molar-refractivity contribution in [1.29, 1.82) is 0 Å². The first-order valence-corrected chi connectivity index (χ1v) is 4.61. The molecule has 1 heterocycles. The van der Waals surface area contributed by atoms with Crippen LogP contribution < -0.4 is 5.56 Å². The van der Waals surface area contributed by atoms with Gasteiger partial charge in [0.25, 0.3) is 5.56 Å². The van der Waals surface area contributed by atoms with Crippen LogP contribution in [0.5, 0.6) is 0 Å². The Bertz CT molecular complexity index is 429. The first kappa shape index (κ1) is 11.4. The summed E-state index contributed by atoms with van der Waals surface area (Å²) in [5, 5.41) is 12.6. The van der Waals surface area contributed by atoms with Gasteiger partial charge in [-0.2, -0.15) is 5.10 Å². The van der Waals surface area contributed by atoms with Crippen molar-refractivity contribution in [2.75, 3.05) is 0 Å². The molecule has 0 saturated carbocycles. The van der Waals surface area contributed by atoms with E-state index in [4.69, 9.17) is 5.11 Å². The Hall–Kier alpha value is -1.65. The molecule has 0 amide bonds. The molecule has 1 N–H and O–H groups in total. The van der Waals surface area contributed by atoms with Crippen LogP contribution in [0.25, 0.3) is 0 Å². The lowest BCUT2D eigenvalue weighted by Gasteiger charge is -2.18. The molecule has 0 atom stereocenters. The molecule has 0 aliphatic heterocycles.